The molecule has 20 heavy (non-hydrogen) atoms. The molecule has 0 aliphatic heterocycles. The lowest BCUT2D eigenvalue weighted by Crippen LogP contribution is -2.28. The predicted molar refractivity (Wildman–Crippen MR) is 72.0 cm³/mol. The van der Waals surface area contributed by atoms with Gasteiger partial charge >= 0.3 is 0 Å². The molecule has 1 atom stereocenters. The summed E-state index contributed by atoms with van der Waals surface area (Å²) in [4.78, 5) is 11.9. The van der Waals surface area contributed by atoms with Crippen LogP contribution in [0, 0.1) is 0 Å². The van der Waals surface area contributed by atoms with E-state index in [4.69, 9.17) is 0 Å². The van der Waals surface area contributed by atoms with Crippen LogP contribution in [0.2, 0.25) is 0 Å². The van der Waals surface area contributed by atoms with Crippen LogP contribution in [-0.2, 0) is 4.79 Å². The van der Waals surface area contributed by atoms with E-state index in [0.29, 0.717) is 17.0 Å². The fourth-order valence-corrected chi connectivity index (χ4v) is 2.58. The lowest BCUT2D eigenvalue weighted by atomic mass is 10.2. The number of H-pyrrole nitrogens is 1. The highest BCUT2D eigenvalue weighted by Crippen LogP contribution is 2.36. The number of nitrogens with zero attached hydrogens (tertiary/aromatic N) is 5. The summed E-state index contributed by atoms with van der Waals surface area (Å²) in [5.41, 5.74) is 0.950. The second-order valence-electron chi connectivity index (χ2n) is 4.75. The van der Waals surface area contributed by atoms with Crippen LogP contribution in [0.25, 0.3) is 0 Å². The molecule has 0 aromatic carbocycles. The number of carbonyl (C=O) groups excluding carboxylic acids is 1. The van der Waals surface area contributed by atoms with Gasteiger partial charge in [-0.25, -0.2) is 4.68 Å². The number of hydrogen-bond donors (Lipinski definition) is 2. The molecular formula is C11H15N7OS. The zero-order chi connectivity index (χ0) is 13.9. The first-order valence-corrected chi connectivity index (χ1v) is 7.41. The summed E-state index contributed by atoms with van der Waals surface area (Å²) in [5.74, 6) is 0.254. The van der Waals surface area contributed by atoms with Gasteiger partial charge in [0.2, 0.25) is 11.1 Å². The molecule has 0 spiro atoms. The maximum absolute atomic E-state index is 11.9. The predicted octanol–water partition coefficient (Wildman–Crippen LogP) is 0.701. The first kappa shape index (κ1) is 13.1. The summed E-state index contributed by atoms with van der Waals surface area (Å²) in [7, 11) is 0. The highest BCUT2D eigenvalue weighted by atomic mass is 32.2. The Labute approximate surface area is 119 Å². The zero-order valence-corrected chi connectivity index (χ0v) is 11.8. The number of aromatic amines is 1. The van der Waals surface area contributed by atoms with Gasteiger partial charge in [-0.15, -0.1) is 5.10 Å². The van der Waals surface area contributed by atoms with E-state index >= 15 is 0 Å². The van der Waals surface area contributed by atoms with Gasteiger partial charge in [-0.1, -0.05) is 11.8 Å². The zero-order valence-electron chi connectivity index (χ0n) is 11.0. The normalized spacial score (nSPS) is 16.1. The maximum atomic E-state index is 11.9. The van der Waals surface area contributed by atoms with Crippen LogP contribution in [0.15, 0.2) is 17.6 Å². The van der Waals surface area contributed by atoms with E-state index in [1.54, 1.807) is 17.1 Å². The number of thioether (sulfide) groups is 1. The summed E-state index contributed by atoms with van der Waals surface area (Å²) >= 11 is 1.36. The highest BCUT2D eigenvalue weighted by Gasteiger charge is 2.28. The van der Waals surface area contributed by atoms with E-state index in [1.165, 1.54) is 11.8 Å². The van der Waals surface area contributed by atoms with Gasteiger partial charge in [0.05, 0.1) is 24.0 Å². The Morgan fingerprint density at radius 3 is 3.20 bits per heavy atom. The highest BCUT2D eigenvalue weighted by molar-refractivity contribution is 7.99. The molecule has 2 heterocycles. The third-order valence-electron chi connectivity index (χ3n) is 3.08. The topological polar surface area (TPSA) is 101 Å². The number of tetrazole rings is 1. The summed E-state index contributed by atoms with van der Waals surface area (Å²) in [6.07, 6.45) is 5.70. The van der Waals surface area contributed by atoms with Crippen molar-refractivity contribution in [2.24, 2.45) is 0 Å². The molecule has 1 aliphatic carbocycles. The monoisotopic (exact) mass is 293 g/mol. The van der Waals surface area contributed by atoms with Crippen LogP contribution in [0.4, 0.5) is 0 Å². The van der Waals surface area contributed by atoms with Crippen LogP contribution in [-0.4, -0.2) is 42.1 Å². The van der Waals surface area contributed by atoms with Gasteiger partial charge < -0.3 is 5.32 Å². The maximum Gasteiger partial charge on any atom is 0.230 e. The van der Waals surface area contributed by atoms with Crippen LogP contribution in [0.3, 0.4) is 0 Å². The Bertz CT molecular complexity index is 577. The molecule has 3 rings (SSSR count). The molecule has 1 unspecified atom stereocenters. The first-order valence-electron chi connectivity index (χ1n) is 6.42. The van der Waals surface area contributed by atoms with Gasteiger partial charge in [-0.2, -0.15) is 5.10 Å². The Hall–Kier alpha value is -1.90. The van der Waals surface area contributed by atoms with Crippen LogP contribution in [0.1, 0.15) is 37.4 Å². The van der Waals surface area contributed by atoms with E-state index in [0.717, 1.165) is 18.4 Å². The van der Waals surface area contributed by atoms with Gasteiger partial charge in [-0.05, 0) is 30.2 Å². The smallest absolute Gasteiger partial charge is 0.230 e. The minimum absolute atomic E-state index is 0.0472. The molecule has 1 saturated carbocycles. The third-order valence-corrected chi connectivity index (χ3v) is 4.02. The van der Waals surface area contributed by atoms with E-state index in [2.05, 4.69) is 31.0 Å². The number of carbonyl (C=O) groups is 1. The van der Waals surface area contributed by atoms with Crippen molar-refractivity contribution in [1.82, 2.24) is 35.7 Å². The standard InChI is InChI=1S/C11H15N7OS/c1-7(8-4-12-13-5-8)14-10(19)6-20-11-15-16-17-18(11)9-2-3-9/h4-5,7,9H,2-3,6H2,1H3,(H,12,13)(H,14,19). The van der Waals surface area contributed by atoms with Crippen molar-refractivity contribution in [3.8, 4) is 0 Å². The van der Waals surface area contributed by atoms with Gasteiger partial charge in [0.25, 0.3) is 0 Å². The largest absolute Gasteiger partial charge is 0.349 e. The van der Waals surface area contributed by atoms with Crippen molar-refractivity contribution in [2.75, 3.05) is 5.75 Å². The molecule has 9 heteroatoms. The Kier molecular flexibility index (Phi) is 3.68. The molecule has 8 nitrogen and oxygen atoms in total. The number of nitrogens with one attached hydrogen (secondary N) is 2. The molecular weight excluding hydrogens is 278 g/mol. The van der Waals surface area contributed by atoms with Crippen molar-refractivity contribution in [1.29, 1.82) is 0 Å². The molecule has 2 aromatic heterocycles. The fraction of sp³-hybridized carbons (Fsp3) is 0.545. The van der Waals surface area contributed by atoms with E-state index < -0.39 is 0 Å². The number of amides is 1. The van der Waals surface area contributed by atoms with Gasteiger partial charge in [-0.3, -0.25) is 9.89 Å². The second-order valence-corrected chi connectivity index (χ2v) is 5.69. The molecule has 1 aliphatic rings. The molecule has 1 fully saturated rings. The van der Waals surface area contributed by atoms with Crippen molar-refractivity contribution in [3.63, 3.8) is 0 Å². The van der Waals surface area contributed by atoms with Crippen molar-refractivity contribution in [3.05, 3.63) is 18.0 Å². The van der Waals surface area contributed by atoms with Gasteiger partial charge in [0, 0.05) is 11.8 Å². The average molecular weight is 293 g/mol. The Morgan fingerprint density at radius 2 is 2.50 bits per heavy atom. The van der Waals surface area contributed by atoms with Crippen molar-refractivity contribution < 1.29 is 4.79 Å². The van der Waals surface area contributed by atoms with Crippen LogP contribution < -0.4 is 5.32 Å². The van der Waals surface area contributed by atoms with Crippen molar-refractivity contribution >= 4 is 17.7 Å². The van der Waals surface area contributed by atoms with E-state index in [1.807, 2.05) is 6.92 Å². The van der Waals surface area contributed by atoms with Crippen LogP contribution >= 0.6 is 11.8 Å². The summed E-state index contributed by atoms with van der Waals surface area (Å²) in [6.45, 7) is 1.92. The van der Waals surface area contributed by atoms with Crippen molar-refractivity contribution in [2.45, 2.75) is 37.0 Å². The summed E-state index contributed by atoms with van der Waals surface area (Å²) in [6, 6.07) is 0.349. The molecule has 1 amide bonds. The Balaban J connectivity index is 1.50. The quantitative estimate of drug-likeness (QED) is 0.760. The summed E-state index contributed by atoms with van der Waals surface area (Å²) in [5, 5.41) is 21.8. The lowest BCUT2D eigenvalue weighted by molar-refractivity contribution is -0.119. The molecule has 0 radical (unpaired) electrons. The Morgan fingerprint density at radius 1 is 1.65 bits per heavy atom. The van der Waals surface area contributed by atoms with Crippen LogP contribution in [0.5, 0.6) is 0 Å². The number of aromatic nitrogens is 6. The molecule has 2 aromatic rings. The summed E-state index contributed by atoms with van der Waals surface area (Å²) < 4.78 is 1.80. The molecule has 0 saturated heterocycles. The van der Waals surface area contributed by atoms with Gasteiger partial charge in [0.15, 0.2) is 0 Å². The third kappa shape index (κ3) is 2.98. The molecule has 0 bridgehead atoms. The number of hydrogen-bond acceptors (Lipinski definition) is 6. The van der Waals surface area contributed by atoms with Gasteiger partial charge in [0.1, 0.15) is 0 Å². The lowest BCUT2D eigenvalue weighted by Gasteiger charge is -2.11. The fourth-order valence-electron chi connectivity index (χ4n) is 1.82. The average Bonchev–Trinajstić information content (AvgIpc) is 2.95. The van der Waals surface area contributed by atoms with E-state index in [-0.39, 0.29) is 11.9 Å². The minimum atomic E-state index is -0.0683. The first-order chi connectivity index (χ1) is 9.74. The second kappa shape index (κ2) is 5.61. The minimum Gasteiger partial charge on any atom is -0.349 e. The molecule has 106 valence electrons. The SMILES string of the molecule is CC(NC(=O)CSc1nnnn1C1CC1)c1cn[nH]c1. The number of rotatable bonds is 6. The molecule has 2 N–H and O–H groups in total. The van der Waals surface area contributed by atoms with E-state index in [9.17, 15) is 4.79 Å².